The van der Waals surface area contributed by atoms with Crippen molar-refractivity contribution in [2.24, 2.45) is 16.9 Å². The number of carbonyl (C=O) groups is 3. The molecule has 5 aliphatic rings. The lowest BCUT2D eigenvalue weighted by molar-refractivity contribution is -0.159. The molecule has 3 amide bonds. The first-order valence-electron chi connectivity index (χ1n) is 13.3. The van der Waals surface area contributed by atoms with Gasteiger partial charge in [-0.15, -0.1) is 0 Å². The van der Waals surface area contributed by atoms with Gasteiger partial charge in [0.1, 0.15) is 0 Å². The van der Waals surface area contributed by atoms with Gasteiger partial charge < -0.3 is 9.47 Å². The van der Waals surface area contributed by atoms with Crippen molar-refractivity contribution in [1.29, 1.82) is 0 Å². The summed E-state index contributed by atoms with van der Waals surface area (Å²) in [6.45, 7) is 2.58. The molecule has 2 fully saturated rings. The van der Waals surface area contributed by atoms with Crippen molar-refractivity contribution in [3.05, 3.63) is 99.5 Å². The predicted molar refractivity (Wildman–Crippen MR) is 151 cm³/mol. The van der Waals surface area contributed by atoms with E-state index < -0.39 is 23.0 Å². The average Bonchev–Trinajstić information content (AvgIpc) is 3.50. The molecular formula is C31H26BrN3O5. The number of rotatable bonds is 5. The van der Waals surface area contributed by atoms with E-state index in [-0.39, 0.29) is 30.1 Å². The van der Waals surface area contributed by atoms with Crippen LogP contribution in [0.5, 0.6) is 0 Å². The van der Waals surface area contributed by atoms with E-state index in [4.69, 9.17) is 9.47 Å². The Labute approximate surface area is 239 Å². The fourth-order valence-electron chi connectivity index (χ4n) is 7.09. The van der Waals surface area contributed by atoms with Gasteiger partial charge in [-0.1, -0.05) is 64.5 Å². The number of amides is 3. The fourth-order valence-corrected chi connectivity index (χ4v) is 7.35. The van der Waals surface area contributed by atoms with Crippen LogP contribution in [0.3, 0.4) is 0 Å². The molecule has 9 heteroatoms. The number of benzene rings is 3. The largest absolute Gasteiger partial charge is 0.347 e. The average molecular weight is 600 g/mol. The summed E-state index contributed by atoms with van der Waals surface area (Å²) < 4.78 is 12.0. The molecule has 2 aliphatic heterocycles. The van der Waals surface area contributed by atoms with Crippen LogP contribution >= 0.6 is 15.9 Å². The molecule has 0 radical (unpaired) electrons. The summed E-state index contributed by atoms with van der Waals surface area (Å²) >= 11 is 3.44. The summed E-state index contributed by atoms with van der Waals surface area (Å²) in [5.41, 5.74) is 5.95. The van der Waals surface area contributed by atoms with E-state index in [9.17, 15) is 14.4 Å². The standard InChI is InChI=1S/C31H26BrN3O5/c1-30(39-14-15-40-30)16-24(36)34-33-17-31-22-8-4-2-6-20(22)25(21-7-3-5-9-23(21)31)26-27(31)29(38)35(28(26)37)19-12-10-18(32)11-13-19/h2-13,17,25-27H,14-16H2,1H3,(H,34,36)/b33-17-/t25?,26-,27+,31?/m0/s1. The Bertz CT molecular complexity index is 1530. The van der Waals surface area contributed by atoms with Crippen LogP contribution in [-0.2, 0) is 29.3 Å². The molecule has 1 N–H and O–H groups in total. The van der Waals surface area contributed by atoms with Crippen molar-refractivity contribution >= 4 is 45.6 Å². The van der Waals surface area contributed by atoms with Gasteiger partial charge in [0.05, 0.1) is 42.6 Å². The van der Waals surface area contributed by atoms with Crippen LogP contribution < -0.4 is 10.3 Å². The molecule has 2 atom stereocenters. The molecule has 8 nitrogen and oxygen atoms in total. The number of nitrogens with zero attached hydrogens (tertiary/aromatic N) is 2. The zero-order valence-electron chi connectivity index (χ0n) is 21.7. The first-order valence-corrected chi connectivity index (χ1v) is 14.1. The van der Waals surface area contributed by atoms with Gasteiger partial charge in [0.15, 0.2) is 5.79 Å². The number of hydrazone groups is 1. The van der Waals surface area contributed by atoms with E-state index in [0.29, 0.717) is 18.9 Å². The molecule has 202 valence electrons. The summed E-state index contributed by atoms with van der Waals surface area (Å²) in [7, 11) is 0. The van der Waals surface area contributed by atoms with Crippen LogP contribution in [0.15, 0.2) is 82.4 Å². The van der Waals surface area contributed by atoms with Crippen LogP contribution in [0.4, 0.5) is 5.69 Å². The maximum Gasteiger partial charge on any atom is 0.245 e. The minimum absolute atomic E-state index is 0.0204. The smallest absolute Gasteiger partial charge is 0.245 e. The normalized spacial score (nSPS) is 27.6. The van der Waals surface area contributed by atoms with Crippen LogP contribution in [0, 0.1) is 11.8 Å². The molecule has 3 aliphatic carbocycles. The Morgan fingerprint density at radius 2 is 1.57 bits per heavy atom. The zero-order valence-corrected chi connectivity index (χ0v) is 23.3. The third-order valence-corrected chi connectivity index (χ3v) is 9.13. The molecule has 3 aromatic carbocycles. The van der Waals surface area contributed by atoms with Crippen molar-refractivity contribution in [3.8, 4) is 0 Å². The third-order valence-electron chi connectivity index (χ3n) is 8.61. The number of anilines is 1. The second-order valence-electron chi connectivity index (χ2n) is 10.8. The highest BCUT2D eigenvalue weighted by Crippen LogP contribution is 2.63. The van der Waals surface area contributed by atoms with E-state index in [2.05, 4.69) is 26.5 Å². The minimum atomic E-state index is -1.05. The van der Waals surface area contributed by atoms with Gasteiger partial charge in [0, 0.05) is 16.6 Å². The van der Waals surface area contributed by atoms with Crippen molar-refractivity contribution in [3.63, 3.8) is 0 Å². The fraction of sp³-hybridized carbons (Fsp3) is 0.290. The van der Waals surface area contributed by atoms with Gasteiger partial charge in [-0.05, 0) is 53.4 Å². The Morgan fingerprint density at radius 3 is 2.20 bits per heavy atom. The van der Waals surface area contributed by atoms with Gasteiger partial charge in [0.25, 0.3) is 0 Å². The number of hydrogen-bond donors (Lipinski definition) is 1. The van der Waals surface area contributed by atoms with Crippen molar-refractivity contribution in [2.45, 2.75) is 30.5 Å². The molecule has 0 unspecified atom stereocenters. The summed E-state index contributed by atoms with van der Waals surface area (Å²) in [4.78, 5) is 42.6. The molecule has 2 bridgehead atoms. The quantitative estimate of drug-likeness (QED) is 0.268. The lowest BCUT2D eigenvalue weighted by atomic mass is 9.47. The van der Waals surface area contributed by atoms with Gasteiger partial charge in [-0.25, -0.2) is 10.3 Å². The van der Waals surface area contributed by atoms with Crippen LogP contribution in [0.1, 0.15) is 41.5 Å². The number of hydrogen-bond acceptors (Lipinski definition) is 6. The Balaban J connectivity index is 1.35. The number of nitrogens with one attached hydrogen (secondary N) is 1. The molecule has 0 spiro atoms. The first-order chi connectivity index (χ1) is 19.3. The summed E-state index contributed by atoms with van der Waals surface area (Å²) in [6, 6.07) is 23.0. The van der Waals surface area contributed by atoms with Gasteiger partial charge in [0.2, 0.25) is 17.7 Å². The van der Waals surface area contributed by atoms with E-state index >= 15 is 0 Å². The van der Waals surface area contributed by atoms with Crippen LogP contribution in [0.2, 0.25) is 0 Å². The lowest BCUT2D eigenvalue weighted by Crippen LogP contribution is -2.54. The van der Waals surface area contributed by atoms with Gasteiger partial charge in [-0.2, -0.15) is 5.10 Å². The van der Waals surface area contributed by atoms with Crippen LogP contribution in [-0.4, -0.2) is 42.9 Å². The molecule has 0 aromatic heterocycles. The topological polar surface area (TPSA) is 97.3 Å². The second kappa shape index (κ2) is 9.19. The zero-order chi connectivity index (χ0) is 27.6. The monoisotopic (exact) mass is 599 g/mol. The second-order valence-corrected chi connectivity index (χ2v) is 11.7. The van der Waals surface area contributed by atoms with E-state index in [0.717, 1.165) is 26.7 Å². The summed E-state index contributed by atoms with van der Waals surface area (Å²) in [5, 5.41) is 4.44. The number of carbonyl (C=O) groups excluding carboxylic acids is 3. The van der Waals surface area contributed by atoms with Crippen LogP contribution in [0.25, 0.3) is 0 Å². The minimum Gasteiger partial charge on any atom is -0.347 e. The van der Waals surface area contributed by atoms with E-state index in [1.807, 2.05) is 60.7 Å². The SMILES string of the molecule is CC1(CC(=O)N/N=C\C23c4ccccc4C(c4ccccc42)[C@@H]2C(=O)N(c4ccc(Br)cc4)C(=O)[C@@H]23)OCCO1. The van der Waals surface area contributed by atoms with Gasteiger partial charge in [-0.3, -0.25) is 14.4 Å². The highest BCUT2D eigenvalue weighted by Gasteiger charge is 2.68. The van der Waals surface area contributed by atoms with E-state index in [1.165, 1.54) is 4.90 Å². The van der Waals surface area contributed by atoms with Gasteiger partial charge >= 0.3 is 0 Å². The Hall–Kier alpha value is -3.66. The molecule has 40 heavy (non-hydrogen) atoms. The Kier molecular flexibility index (Phi) is 5.82. The van der Waals surface area contributed by atoms with Crippen molar-refractivity contribution in [1.82, 2.24) is 5.43 Å². The van der Waals surface area contributed by atoms with E-state index in [1.54, 1.807) is 25.3 Å². The number of imide groups is 1. The third kappa shape index (κ3) is 3.57. The Morgan fingerprint density at radius 1 is 0.975 bits per heavy atom. The maximum atomic E-state index is 14.3. The highest BCUT2D eigenvalue weighted by molar-refractivity contribution is 9.10. The number of halogens is 1. The maximum absolute atomic E-state index is 14.3. The summed E-state index contributed by atoms with van der Waals surface area (Å²) in [6.07, 6.45) is 1.64. The lowest BCUT2D eigenvalue weighted by Gasteiger charge is -2.52. The predicted octanol–water partition coefficient (Wildman–Crippen LogP) is 4.26. The van der Waals surface area contributed by atoms with Crippen molar-refractivity contribution < 1.29 is 23.9 Å². The molecule has 2 saturated heterocycles. The summed E-state index contributed by atoms with van der Waals surface area (Å²) in [5.74, 6) is -3.47. The molecule has 8 rings (SSSR count). The molecule has 0 saturated carbocycles. The number of ether oxygens (including phenoxy) is 2. The highest BCUT2D eigenvalue weighted by atomic mass is 79.9. The molecule has 3 aromatic rings. The molecular weight excluding hydrogens is 574 g/mol. The van der Waals surface area contributed by atoms with Crippen molar-refractivity contribution in [2.75, 3.05) is 18.1 Å². The molecule has 2 heterocycles. The first kappa shape index (κ1) is 25.3.